The Morgan fingerprint density at radius 3 is 2.61 bits per heavy atom. The van der Waals surface area contributed by atoms with Crippen LogP contribution >= 0.6 is 0 Å². The van der Waals surface area contributed by atoms with E-state index in [4.69, 9.17) is 4.74 Å². The van der Waals surface area contributed by atoms with Crippen molar-refractivity contribution in [2.24, 2.45) is 5.92 Å². The number of nitrogens with one attached hydrogen (secondary N) is 1. The molecule has 2 fully saturated rings. The highest BCUT2D eigenvalue weighted by Gasteiger charge is 2.27. The normalized spacial score (nSPS) is 26.9. The molecule has 0 aliphatic carbocycles. The topological polar surface area (TPSA) is 58.6 Å². The van der Waals surface area contributed by atoms with Crippen LogP contribution in [0.2, 0.25) is 0 Å². The van der Waals surface area contributed by atoms with Gasteiger partial charge in [0.25, 0.3) is 0 Å². The van der Waals surface area contributed by atoms with Gasteiger partial charge in [0, 0.05) is 32.8 Å². The molecule has 0 aromatic rings. The molecule has 1 atom stereocenters. The third kappa shape index (κ3) is 3.91. The number of sulfonamides is 1. The molecule has 6 heteroatoms. The maximum absolute atomic E-state index is 12.2. The van der Waals surface area contributed by atoms with Gasteiger partial charge in [-0.3, -0.25) is 0 Å². The summed E-state index contributed by atoms with van der Waals surface area (Å²) >= 11 is 0. The molecule has 2 saturated heterocycles. The van der Waals surface area contributed by atoms with Crippen molar-refractivity contribution >= 4 is 10.0 Å². The van der Waals surface area contributed by atoms with E-state index in [1.807, 2.05) is 0 Å². The lowest BCUT2D eigenvalue weighted by atomic mass is 10.0. The van der Waals surface area contributed by atoms with Gasteiger partial charge in [-0.1, -0.05) is 0 Å². The molecule has 5 nitrogen and oxygen atoms in total. The second-order valence-corrected chi connectivity index (χ2v) is 7.53. The summed E-state index contributed by atoms with van der Waals surface area (Å²) in [5.74, 6) is 0.697. The van der Waals surface area contributed by atoms with Crippen LogP contribution in [0.25, 0.3) is 0 Å². The summed E-state index contributed by atoms with van der Waals surface area (Å²) in [7, 11) is -1.40. The van der Waals surface area contributed by atoms with Crippen LogP contribution < -0.4 is 5.32 Å². The zero-order valence-corrected chi connectivity index (χ0v) is 11.9. The van der Waals surface area contributed by atoms with E-state index in [2.05, 4.69) is 5.32 Å². The van der Waals surface area contributed by atoms with Gasteiger partial charge in [0.05, 0.1) is 5.75 Å². The molecular formula is C12H24N2O3S. The van der Waals surface area contributed by atoms with E-state index in [1.54, 1.807) is 11.4 Å². The fourth-order valence-corrected chi connectivity index (χ4v) is 4.17. The molecular weight excluding hydrogens is 252 g/mol. The highest BCUT2D eigenvalue weighted by molar-refractivity contribution is 7.89. The Morgan fingerprint density at radius 2 is 2.00 bits per heavy atom. The van der Waals surface area contributed by atoms with Gasteiger partial charge in [-0.05, 0) is 38.1 Å². The SMILES string of the molecule is CN(CC1CCOCC1)S(=O)(=O)CC1CCCN1. The van der Waals surface area contributed by atoms with E-state index in [1.165, 1.54) is 0 Å². The lowest BCUT2D eigenvalue weighted by Gasteiger charge is -2.27. The first kappa shape index (κ1) is 14.2. The van der Waals surface area contributed by atoms with Crippen molar-refractivity contribution in [2.75, 3.05) is 39.1 Å². The Balaban J connectivity index is 1.83. The van der Waals surface area contributed by atoms with Crippen LogP contribution in [0, 0.1) is 5.92 Å². The number of hydrogen-bond donors (Lipinski definition) is 1. The van der Waals surface area contributed by atoms with Crippen LogP contribution in [-0.4, -0.2) is 57.9 Å². The minimum absolute atomic E-state index is 0.145. The molecule has 0 saturated carbocycles. The summed E-state index contributed by atoms with van der Waals surface area (Å²) < 4.78 is 31.3. The molecule has 1 N–H and O–H groups in total. The molecule has 18 heavy (non-hydrogen) atoms. The third-order valence-electron chi connectivity index (χ3n) is 3.91. The fraction of sp³-hybridized carbons (Fsp3) is 1.00. The van der Waals surface area contributed by atoms with E-state index in [-0.39, 0.29) is 11.8 Å². The molecule has 0 bridgehead atoms. The van der Waals surface area contributed by atoms with Crippen molar-refractivity contribution in [1.29, 1.82) is 0 Å². The zero-order valence-electron chi connectivity index (χ0n) is 11.1. The molecule has 2 rings (SSSR count). The van der Waals surface area contributed by atoms with Crippen molar-refractivity contribution in [2.45, 2.75) is 31.7 Å². The van der Waals surface area contributed by atoms with E-state index in [0.29, 0.717) is 12.5 Å². The molecule has 0 spiro atoms. The second-order valence-electron chi connectivity index (χ2n) is 5.41. The number of nitrogens with zero attached hydrogens (tertiary/aromatic N) is 1. The lowest BCUT2D eigenvalue weighted by Crippen LogP contribution is -2.40. The van der Waals surface area contributed by atoms with Crippen LogP contribution in [0.5, 0.6) is 0 Å². The van der Waals surface area contributed by atoms with Crippen molar-refractivity contribution in [3.05, 3.63) is 0 Å². The van der Waals surface area contributed by atoms with Gasteiger partial charge in [0.1, 0.15) is 0 Å². The monoisotopic (exact) mass is 276 g/mol. The molecule has 2 aliphatic heterocycles. The Hall–Kier alpha value is -0.170. The standard InChI is InChI=1S/C12H24N2O3S/c1-14(9-11-4-7-17-8-5-11)18(15,16)10-12-3-2-6-13-12/h11-13H,2-10H2,1H3. The molecule has 0 aromatic heterocycles. The quantitative estimate of drug-likeness (QED) is 0.791. The van der Waals surface area contributed by atoms with Gasteiger partial charge in [-0.15, -0.1) is 0 Å². The highest BCUT2D eigenvalue weighted by Crippen LogP contribution is 2.18. The van der Waals surface area contributed by atoms with Crippen molar-refractivity contribution in [1.82, 2.24) is 9.62 Å². The van der Waals surface area contributed by atoms with Crippen molar-refractivity contribution in [3.63, 3.8) is 0 Å². The molecule has 106 valence electrons. The van der Waals surface area contributed by atoms with Crippen molar-refractivity contribution in [3.8, 4) is 0 Å². The Morgan fingerprint density at radius 1 is 1.28 bits per heavy atom. The Kier molecular flexibility index (Phi) is 5.00. The van der Waals surface area contributed by atoms with Crippen LogP contribution in [0.4, 0.5) is 0 Å². The average Bonchev–Trinajstić information content (AvgIpc) is 2.82. The molecule has 2 heterocycles. The van der Waals surface area contributed by atoms with Gasteiger partial charge < -0.3 is 10.1 Å². The van der Waals surface area contributed by atoms with Gasteiger partial charge in [0.2, 0.25) is 10.0 Å². The number of ether oxygens (including phenoxy) is 1. The molecule has 0 amide bonds. The minimum atomic E-state index is -3.11. The zero-order chi connectivity index (χ0) is 13.0. The van der Waals surface area contributed by atoms with Gasteiger partial charge in [0.15, 0.2) is 0 Å². The number of rotatable bonds is 5. The first-order valence-electron chi connectivity index (χ1n) is 6.83. The summed E-state index contributed by atoms with van der Waals surface area (Å²) in [4.78, 5) is 0. The third-order valence-corrected chi connectivity index (χ3v) is 5.83. The van der Waals surface area contributed by atoms with Crippen LogP contribution in [0.15, 0.2) is 0 Å². The van der Waals surface area contributed by atoms with E-state index in [9.17, 15) is 8.42 Å². The molecule has 1 unspecified atom stereocenters. The minimum Gasteiger partial charge on any atom is -0.381 e. The maximum atomic E-state index is 12.2. The first-order valence-corrected chi connectivity index (χ1v) is 8.44. The largest absolute Gasteiger partial charge is 0.381 e. The predicted octanol–water partition coefficient (Wildman–Crippen LogP) is 0.427. The maximum Gasteiger partial charge on any atom is 0.215 e. The summed E-state index contributed by atoms with van der Waals surface area (Å²) in [5.41, 5.74) is 0. The lowest BCUT2D eigenvalue weighted by molar-refractivity contribution is 0.0620. The van der Waals surface area contributed by atoms with Crippen LogP contribution in [-0.2, 0) is 14.8 Å². The second kappa shape index (κ2) is 6.32. The molecule has 0 radical (unpaired) electrons. The summed E-state index contributed by atoms with van der Waals surface area (Å²) in [5, 5.41) is 3.25. The summed E-state index contributed by atoms with van der Waals surface area (Å²) in [6.45, 7) is 3.12. The summed E-state index contributed by atoms with van der Waals surface area (Å²) in [6.07, 6.45) is 4.01. The molecule has 2 aliphatic rings. The molecule has 0 aromatic carbocycles. The fourth-order valence-electron chi connectivity index (χ4n) is 2.69. The number of hydrogen-bond acceptors (Lipinski definition) is 4. The summed E-state index contributed by atoms with van der Waals surface area (Å²) in [6, 6.07) is 0.145. The van der Waals surface area contributed by atoms with Gasteiger partial charge in [-0.2, -0.15) is 0 Å². The smallest absolute Gasteiger partial charge is 0.215 e. The van der Waals surface area contributed by atoms with E-state index >= 15 is 0 Å². The van der Waals surface area contributed by atoms with Gasteiger partial charge in [-0.25, -0.2) is 12.7 Å². The van der Waals surface area contributed by atoms with Crippen LogP contribution in [0.3, 0.4) is 0 Å². The van der Waals surface area contributed by atoms with Gasteiger partial charge >= 0.3 is 0 Å². The first-order chi connectivity index (χ1) is 8.58. The Labute approximate surface area is 110 Å². The average molecular weight is 276 g/mol. The van der Waals surface area contributed by atoms with E-state index < -0.39 is 10.0 Å². The van der Waals surface area contributed by atoms with Crippen molar-refractivity contribution < 1.29 is 13.2 Å². The highest BCUT2D eigenvalue weighted by atomic mass is 32.2. The Bertz CT molecular complexity index is 346. The van der Waals surface area contributed by atoms with E-state index in [0.717, 1.165) is 45.4 Å². The van der Waals surface area contributed by atoms with Crippen LogP contribution in [0.1, 0.15) is 25.7 Å². The predicted molar refractivity (Wildman–Crippen MR) is 71.0 cm³/mol.